The topological polar surface area (TPSA) is 93.2 Å². The number of sulfonamides is 1. The highest BCUT2D eigenvalue weighted by Gasteiger charge is 2.39. The van der Waals surface area contributed by atoms with Crippen molar-refractivity contribution in [2.75, 3.05) is 33.3 Å². The van der Waals surface area contributed by atoms with Crippen LogP contribution in [-0.4, -0.2) is 74.5 Å². The second-order valence-corrected chi connectivity index (χ2v) is 9.56. The van der Waals surface area contributed by atoms with E-state index >= 15 is 0 Å². The van der Waals surface area contributed by atoms with Crippen LogP contribution in [-0.2, 0) is 35.3 Å². The molecule has 1 heterocycles. The van der Waals surface area contributed by atoms with Gasteiger partial charge in [0.25, 0.3) is 0 Å². The van der Waals surface area contributed by atoms with Gasteiger partial charge in [-0.1, -0.05) is 6.07 Å². The fraction of sp³-hybridized carbons (Fsp3) is 0.579. The van der Waals surface area contributed by atoms with E-state index in [0.29, 0.717) is 6.07 Å². The van der Waals surface area contributed by atoms with Crippen LogP contribution in [0.25, 0.3) is 0 Å². The number of carbonyl (C=O) groups excluding carboxylic acids is 2. The minimum atomic E-state index is -4.65. The number of alkyl halides is 3. The van der Waals surface area contributed by atoms with Crippen molar-refractivity contribution in [2.45, 2.75) is 43.5 Å². The normalized spacial score (nSPS) is 17.8. The number of esters is 2. The quantitative estimate of drug-likeness (QED) is 0.483. The van der Waals surface area contributed by atoms with Gasteiger partial charge >= 0.3 is 18.1 Å². The van der Waals surface area contributed by atoms with Gasteiger partial charge in [-0.25, -0.2) is 18.0 Å². The van der Waals surface area contributed by atoms with Gasteiger partial charge in [-0.3, -0.25) is 4.90 Å². The molecule has 1 atom stereocenters. The fourth-order valence-electron chi connectivity index (χ4n) is 3.20. The van der Waals surface area contributed by atoms with E-state index in [1.54, 1.807) is 20.8 Å². The molecule has 0 aromatic heterocycles. The second-order valence-electron chi connectivity index (χ2n) is 7.63. The molecule has 1 aromatic carbocycles. The Labute approximate surface area is 178 Å². The third kappa shape index (κ3) is 5.74. The maximum atomic E-state index is 12.9. The van der Waals surface area contributed by atoms with Gasteiger partial charge in [0.1, 0.15) is 5.60 Å². The molecule has 8 nitrogen and oxygen atoms in total. The number of halogens is 3. The molecular formula is C19H25F3N2O6S. The molecule has 0 amide bonds. The van der Waals surface area contributed by atoms with Crippen LogP contribution >= 0.6 is 0 Å². The van der Waals surface area contributed by atoms with Crippen molar-refractivity contribution in [3.63, 3.8) is 0 Å². The predicted octanol–water partition coefficient (Wildman–Crippen LogP) is 1.90. The molecule has 1 aromatic rings. The van der Waals surface area contributed by atoms with Crippen molar-refractivity contribution < 1.29 is 40.7 Å². The molecule has 1 aliphatic heterocycles. The Morgan fingerprint density at radius 1 is 1.06 bits per heavy atom. The summed E-state index contributed by atoms with van der Waals surface area (Å²) < 4.78 is 75.1. The lowest BCUT2D eigenvalue weighted by Crippen LogP contribution is -2.57. The third-order valence-corrected chi connectivity index (χ3v) is 7.23. The number of ether oxygens (including phenoxy) is 2. The molecule has 1 aliphatic rings. The number of hydrogen-bond acceptors (Lipinski definition) is 7. The molecule has 31 heavy (non-hydrogen) atoms. The molecule has 0 bridgehead atoms. The van der Waals surface area contributed by atoms with Gasteiger partial charge < -0.3 is 9.47 Å². The highest BCUT2D eigenvalue weighted by atomic mass is 32.2. The van der Waals surface area contributed by atoms with Gasteiger partial charge in [0, 0.05) is 32.2 Å². The summed E-state index contributed by atoms with van der Waals surface area (Å²) in [6, 6.07) is 3.26. The Hall–Kier alpha value is -2.18. The average Bonchev–Trinajstić information content (AvgIpc) is 2.71. The minimum Gasteiger partial charge on any atom is -0.461 e. The van der Waals surface area contributed by atoms with E-state index in [-0.39, 0.29) is 32.2 Å². The molecule has 1 saturated heterocycles. The number of hydrogen-bond donors (Lipinski definition) is 0. The van der Waals surface area contributed by atoms with Crippen molar-refractivity contribution in [3.8, 4) is 0 Å². The molecule has 0 saturated carbocycles. The van der Waals surface area contributed by atoms with Crippen molar-refractivity contribution in [2.24, 2.45) is 0 Å². The van der Waals surface area contributed by atoms with Crippen LogP contribution in [0.15, 0.2) is 29.2 Å². The van der Waals surface area contributed by atoms with Gasteiger partial charge in [-0.05, 0) is 39.0 Å². The lowest BCUT2D eigenvalue weighted by atomic mass is 9.98. The molecule has 0 spiro atoms. The van der Waals surface area contributed by atoms with Crippen LogP contribution < -0.4 is 0 Å². The molecule has 12 heteroatoms. The third-order valence-electron chi connectivity index (χ3n) is 5.33. The summed E-state index contributed by atoms with van der Waals surface area (Å²) in [6.45, 7) is 5.61. The lowest BCUT2D eigenvalue weighted by molar-refractivity contribution is -0.178. The molecule has 1 unspecified atom stereocenters. The standard InChI is InChI=1S/C19H25F3N2O6S/c1-13(18(2,3)30-17(26)16(25)29-4)23-8-10-24(11-9-23)31(27,28)15-7-5-6-14(12-15)19(20,21)22/h5-7,12-13H,8-11H2,1-4H3. The molecule has 2 rings (SSSR count). The summed E-state index contributed by atoms with van der Waals surface area (Å²) in [4.78, 5) is 24.5. The van der Waals surface area contributed by atoms with E-state index < -0.39 is 44.2 Å². The second kappa shape index (κ2) is 9.13. The Morgan fingerprint density at radius 3 is 2.16 bits per heavy atom. The summed E-state index contributed by atoms with van der Waals surface area (Å²) in [5.74, 6) is -2.26. The first kappa shape index (κ1) is 25.1. The average molecular weight is 466 g/mol. The minimum absolute atomic E-state index is 0.0456. The van der Waals surface area contributed by atoms with Crippen LogP contribution in [0.2, 0.25) is 0 Å². The number of piperazine rings is 1. The highest BCUT2D eigenvalue weighted by Crippen LogP contribution is 2.31. The maximum Gasteiger partial charge on any atom is 0.418 e. The van der Waals surface area contributed by atoms with Gasteiger partial charge in [-0.15, -0.1) is 0 Å². The molecule has 0 radical (unpaired) electrons. The van der Waals surface area contributed by atoms with Crippen molar-refractivity contribution in [1.82, 2.24) is 9.21 Å². The first-order valence-electron chi connectivity index (χ1n) is 9.43. The number of benzene rings is 1. The zero-order chi connectivity index (χ0) is 23.6. The van der Waals surface area contributed by atoms with Crippen molar-refractivity contribution in [1.29, 1.82) is 0 Å². The van der Waals surface area contributed by atoms with E-state index in [1.165, 1.54) is 0 Å². The van der Waals surface area contributed by atoms with Gasteiger partial charge in [-0.2, -0.15) is 17.5 Å². The van der Waals surface area contributed by atoms with Crippen LogP contribution in [0.1, 0.15) is 26.3 Å². The number of nitrogens with zero attached hydrogens (tertiary/aromatic N) is 2. The Balaban J connectivity index is 2.08. The summed E-state index contributed by atoms with van der Waals surface area (Å²) >= 11 is 0. The van der Waals surface area contributed by atoms with E-state index in [4.69, 9.17) is 4.74 Å². The Bertz CT molecular complexity index is 925. The molecule has 174 valence electrons. The van der Waals surface area contributed by atoms with Crippen LogP contribution in [0.4, 0.5) is 13.2 Å². The fourth-order valence-corrected chi connectivity index (χ4v) is 4.67. The van der Waals surface area contributed by atoms with Crippen LogP contribution in [0.3, 0.4) is 0 Å². The number of carbonyl (C=O) groups is 2. The summed E-state index contributed by atoms with van der Waals surface area (Å²) in [5.41, 5.74) is -2.11. The zero-order valence-corrected chi connectivity index (χ0v) is 18.4. The molecule has 1 fully saturated rings. The Kier molecular flexibility index (Phi) is 7.39. The van der Waals surface area contributed by atoms with E-state index in [2.05, 4.69) is 4.74 Å². The first-order valence-corrected chi connectivity index (χ1v) is 10.9. The summed E-state index contributed by atoms with van der Waals surface area (Å²) in [7, 11) is -3.04. The highest BCUT2D eigenvalue weighted by molar-refractivity contribution is 7.89. The Morgan fingerprint density at radius 2 is 1.65 bits per heavy atom. The summed E-state index contributed by atoms with van der Waals surface area (Å²) in [6.07, 6.45) is -4.65. The van der Waals surface area contributed by atoms with Crippen molar-refractivity contribution in [3.05, 3.63) is 29.8 Å². The van der Waals surface area contributed by atoms with Gasteiger partial charge in [0.05, 0.1) is 17.6 Å². The molecule has 0 N–H and O–H groups in total. The smallest absolute Gasteiger partial charge is 0.418 e. The van der Waals surface area contributed by atoms with Gasteiger partial charge in [0.15, 0.2) is 0 Å². The van der Waals surface area contributed by atoms with E-state index in [1.807, 2.05) is 4.90 Å². The summed E-state index contributed by atoms with van der Waals surface area (Å²) in [5, 5.41) is 0. The predicted molar refractivity (Wildman–Crippen MR) is 103 cm³/mol. The largest absolute Gasteiger partial charge is 0.461 e. The molecular weight excluding hydrogens is 441 g/mol. The monoisotopic (exact) mass is 466 g/mol. The van der Waals surface area contributed by atoms with Crippen LogP contribution in [0.5, 0.6) is 0 Å². The lowest BCUT2D eigenvalue weighted by Gasteiger charge is -2.43. The first-order chi connectivity index (χ1) is 14.2. The zero-order valence-electron chi connectivity index (χ0n) is 17.6. The number of rotatable bonds is 5. The van der Waals surface area contributed by atoms with E-state index in [0.717, 1.165) is 29.6 Å². The van der Waals surface area contributed by atoms with Gasteiger partial charge in [0.2, 0.25) is 10.0 Å². The number of methoxy groups -OCH3 is 1. The maximum absolute atomic E-state index is 12.9. The SMILES string of the molecule is COC(=O)C(=O)OC(C)(C)C(C)N1CCN(S(=O)(=O)c2cccc(C(F)(F)F)c2)CC1. The van der Waals surface area contributed by atoms with Crippen molar-refractivity contribution >= 4 is 22.0 Å². The van der Waals surface area contributed by atoms with Crippen LogP contribution in [0, 0.1) is 0 Å². The molecule has 0 aliphatic carbocycles. The van der Waals surface area contributed by atoms with E-state index in [9.17, 15) is 31.2 Å².